The van der Waals surface area contributed by atoms with Crippen LogP contribution >= 0.6 is 0 Å². The zero-order valence-electron chi connectivity index (χ0n) is 18.6. The highest BCUT2D eigenvalue weighted by Crippen LogP contribution is 2.40. The van der Waals surface area contributed by atoms with Crippen molar-refractivity contribution in [2.24, 2.45) is 14.1 Å². The van der Waals surface area contributed by atoms with Crippen LogP contribution in [0.25, 0.3) is 11.2 Å². The molecule has 1 fully saturated rings. The highest BCUT2D eigenvalue weighted by atomic mass is 16.2. The zero-order valence-corrected chi connectivity index (χ0v) is 18.6. The number of aryl methyl sites for hydroxylation is 2. The number of carbonyl (C=O) groups is 2. The van der Waals surface area contributed by atoms with E-state index < -0.39 is 0 Å². The lowest BCUT2D eigenvalue weighted by Gasteiger charge is -2.30. The molecule has 0 bridgehead atoms. The lowest BCUT2D eigenvalue weighted by molar-refractivity contribution is -0.124. The van der Waals surface area contributed by atoms with Crippen molar-refractivity contribution in [1.82, 2.24) is 19.4 Å². The number of hydrogen-bond donors (Lipinski definition) is 2. The Morgan fingerprint density at radius 3 is 2.38 bits per heavy atom. The van der Waals surface area contributed by atoms with Crippen LogP contribution in [0.1, 0.15) is 44.1 Å². The third kappa shape index (κ3) is 4.30. The minimum absolute atomic E-state index is 0.00978. The van der Waals surface area contributed by atoms with Crippen molar-refractivity contribution in [2.75, 3.05) is 11.9 Å². The molecule has 0 radical (unpaired) electrons. The Morgan fingerprint density at radius 2 is 1.66 bits per heavy atom. The number of nitrogens with zero attached hydrogens (tertiary/aromatic N) is 3. The smallest absolute Gasteiger partial charge is 0.329 e. The number of amides is 2. The SMILES string of the molecule is Cn1c(=O)n(C)c2nc(NC(=O)CCC(=O)NCC3(c4ccccc4)CCCC3)ccc21. The Bertz CT molecular complexity index is 1190. The highest BCUT2D eigenvalue weighted by molar-refractivity contribution is 5.93. The molecule has 168 valence electrons. The first-order chi connectivity index (χ1) is 15.4. The van der Waals surface area contributed by atoms with E-state index in [1.54, 1.807) is 26.2 Å². The molecule has 1 aliphatic rings. The van der Waals surface area contributed by atoms with Crippen molar-refractivity contribution in [3.8, 4) is 0 Å². The summed E-state index contributed by atoms with van der Waals surface area (Å²) >= 11 is 0. The maximum absolute atomic E-state index is 12.4. The molecule has 3 aromatic rings. The average Bonchev–Trinajstić information content (AvgIpc) is 3.38. The fourth-order valence-electron chi connectivity index (χ4n) is 4.64. The van der Waals surface area contributed by atoms with Crippen LogP contribution < -0.4 is 16.3 Å². The summed E-state index contributed by atoms with van der Waals surface area (Å²) in [4.78, 5) is 41.2. The topological polar surface area (TPSA) is 98.0 Å². The summed E-state index contributed by atoms with van der Waals surface area (Å²) in [6.45, 7) is 0.595. The van der Waals surface area contributed by atoms with Crippen LogP contribution in [0, 0.1) is 0 Å². The summed E-state index contributed by atoms with van der Waals surface area (Å²) in [6, 6.07) is 13.8. The van der Waals surface area contributed by atoms with Gasteiger partial charge in [-0.2, -0.15) is 0 Å². The number of anilines is 1. The maximum atomic E-state index is 12.4. The Hall–Kier alpha value is -3.42. The number of carbonyl (C=O) groups excluding carboxylic acids is 2. The van der Waals surface area contributed by atoms with Gasteiger partial charge in [0.15, 0.2) is 5.65 Å². The number of imidazole rings is 1. The molecule has 8 nitrogen and oxygen atoms in total. The van der Waals surface area contributed by atoms with E-state index in [-0.39, 0.29) is 35.8 Å². The van der Waals surface area contributed by atoms with E-state index in [0.717, 1.165) is 25.7 Å². The van der Waals surface area contributed by atoms with Crippen LogP contribution in [-0.4, -0.2) is 32.5 Å². The standard InChI is InChI=1S/C24H29N5O3/c1-28-18-10-11-19(27-22(18)29(2)23(28)32)26-21(31)13-12-20(30)25-16-24(14-6-7-15-24)17-8-4-3-5-9-17/h3-5,8-11H,6-7,12-16H2,1-2H3,(H,25,30)(H,26,27,31). The minimum Gasteiger partial charge on any atom is -0.355 e. The molecule has 2 amide bonds. The lowest BCUT2D eigenvalue weighted by atomic mass is 9.79. The number of rotatable bonds is 7. The summed E-state index contributed by atoms with van der Waals surface area (Å²) in [5, 5.41) is 5.77. The van der Waals surface area contributed by atoms with E-state index in [4.69, 9.17) is 0 Å². The van der Waals surface area contributed by atoms with Gasteiger partial charge in [0.2, 0.25) is 11.8 Å². The van der Waals surface area contributed by atoms with Crippen molar-refractivity contribution in [3.63, 3.8) is 0 Å². The quantitative estimate of drug-likeness (QED) is 0.596. The Morgan fingerprint density at radius 1 is 0.969 bits per heavy atom. The second kappa shape index (κ2) is 8.98. The molecule has 0 spiro atoms. The van der Waals surface area contributed by atoms with Gasteiger partial charge in [0, 0.05) is 38.9 Å². The monoisotopic (exact) mass is 435 g/mol. The van der Waals surface area contributed by atoms with Gasteiger partial charge in [0.1, 0.15) is 5.82 Å². The molecule has 0 aliphatic heterocycles. The first-order valence-corrected chi connectivity index (χ1v) is 11.0. The fourth-order valence-corrected chi connectivity index (χ4v) is 4.64. The Kier molecular flexibility index (Phi) is 6.12. The second-order valence-electron chi connectivity index (χ2n) is 8.62. The van der Waals surface area contributed by atoms with Gasteiger partial charge in [-0.25, -0.2) is 9.78 Å². The van der Waals surface area contributed by atoms with Gasteiger partial charge in [-0.3, -0.25) is 18.7 Å². The van der Waals surface area contributed by atoms with Crippen molar-refractivity contribution in [2.45, 2.75) is 43.9 Å². The molecule has 4 rings (SSSR count). The van der Waals surface area contributed by atoms with Crippen molar-refractivity contribution in [1.29, 1.82) is 0 Å². The Balaban J connectivity index is 1.31. The van der Waals surface area contributed by atoms with Gasteiger partial charge < -0.3 is 10.6 Å². The Labute approximate surface area is 186 Å². The molecule has 1 saturated carbocycles. The number of pyridine rings is 1. The van der Waals surface area contributed by atoms with Gasteiger partial charge in [-0.05, 0) is 30.5 Å². The lowest BCUT2D eigenvalue weighted by Crippen LogP contribution is -2.39. The normalized spacial score (nSPS) is 15.1. The number of fused-ring (bicyclic) bond motifs is 1. The van der Waals surface area contributed by atoms with Crippen LogP contribution in [0.15, 0.2) is 47.3 Å². The van der Waals surface area contributed by atoms with Crippen LogP contribution in [0.2, 0.25) is 0 Å². The predicted octanol–water partition coefficient (Wildman–Crippen LogP) is 2.62. The summed E-state index contributed by atoms with van der Waals surface area (Å²) in [5.41, 5.74) is 2.27. The van der Waals surface area contributed by atoms with Crippen molar-refractivity contribution in [3.05, 3.63) is 58.5 Å². The number of hydrogen-bond acceptors (Lipinski definition) is 4. The summed E-state index contributed by atoms with van der Waals surface area (Å²) < 4.78 is 2.94. The van der Waals surface area contributed by atoms with Crippen LogP contribution in [0.5, 0.6) is 0 Å². The average molecular weight is 436 g/mol. The fraction of sp³-hybridized carbons (Fsp3) is 0.417. The van der Waals surface area contributed by atoms with Gasteiger partial charge in [-0.1, -0.05) is 43.2 Å². The first kappa shape index (κ1) is 21.8. The molecule has 32 heavy (non-hydrogen) atoms. The van der Waals surface area contributed by atoms with Crippen molar-refractivity contribution >= 4 is 28.8 Å². The molecular formula is C24H29N5O3. The molecule has 2 heterocycles. The third-order valence-corrected chi connectivity index (χ3v) is 6.52. The predicted molar refractivity (Wildman–Crippen MR) is 123 cm³/mol. The van der Waals surface area contributed by atoms with E-state index in [0.29, 0.717) is 23.5 Å². The molecule has 1 aromatic carbocycles. The van der Waals surface area contributed by atoms with Gasteiger partial charge >= 0.3 is 5.69 Å². The van der Waals surface area contributed by atoms with Gasteiger partial charge in [0.25, 0.3) is 0 Å². The number of nitrogens with one attached hydrogen (secondary N) is 2. The van der Waals surface area contributed by atoms with Gasteiger partial charge in [-0.15, -0.1) is 0 Å². The van der Waals surface area contributed by atoms with Crippen LogP contribution in [0.3, 0.4) is 0 Å². The molecule has 2 N–H and O–H groups in total. The van der Waals surface area contributed by atoms with Crippen LogP contribution in [0.4, 0.5) is 5.82 Å². The highest BCUT2D eigenvalue weighted by Gasteiger charge is 2.35. The first-order valence-electron chi connectivity index (χ1n) is 11.0. The minimum atomic E-state index is -0.286. The third-order valence-electron chi connectivity index (χ3n) is 6.52. The van der Waals surface area contributed by atoms with E-state index in [2.05, 4.69) is 27.8 Å². The molecule has 0 unspecified atom stereocenters. The molecule has 1 aliphatic carbocycles. The summed E-state index contributed by atoms with van der Waals surface area (Å²) in [6.07, 6.45) is 4.64. The number of benzene rings is 1. The van der Waals surface area contributed by atoms with Crippen molar-refractivity contribution < 1.29 is 9.59 Å². The molecule has 8 heteroatoms. The summed E-state index contributed by atoms with van der Waals surface area (Å²) in [5.74, 6) is -0.0547. The van der Waals surface area contributed by atoms with E-state index in [9.17, 15) is 14.4 Å². The zero-order chi connectivity index (χ0) is 22.7. The van der Waals surface area contributed by atoms with E-state index >= 15 is 0 Å². The molecule has 2 aromatic heterocycles. The van der Waals surface area contributed by atoms with E-state index in [1.165, 1.54) is 14.7 Å². The molecule has 0 atom stereocenters. The number of aromatic nitrogens is 3. The summed E-state index contributed by atoms with van der Waals surface area (Å²) in [7, 11) is 3.32. The van der Waals surface area contributed by atoms with Gasteiger partial charge in [0.05, 0.1) is 5.52 Å². The largest absolute Gasteiger partial charge is 0.355 e. The van der Waals surface area contributed by atoms with E-state index in [1.807, 2.05) is 18.2 Å². The molecule has 0 saturated heterocycles. The second-order valence-corrected chi connectivity index (χ2v) is 8.62. The maximum Gasteiger partial charge on any atom is 0.329 e. The van der Waals surface area contributed by atoms with Crippen LogP contribution in [-0.2, 0) is 29.1 Å². The molecular weight excluding hydrogens is 406 g/mol.